The molecule has 0 spiro atoms. The fourth-order valence-electron chi connectivity index (χ4n) is 3.43. The summed E-state index contributed by atoms with van der Waals surface area (Å²) in [6.45, 7) is 7.00. The molecule has 6 nitrogen and oxygen atoms in total. The highest BCUT2D eigenvalue weighted by Gasteiger charge is 2.29. The maximum atomic E-state index is 12.6. The summed E-state index contributed by atoms with van der Waals surface area (Å²) in [4.78, 5) is 30.1. The molecule has 0 aromatic carbocycles. The van der Waals surface area contributed by atoms with E-state index in [1.165, 1.54) is 0 Å². The number of carbonyl (C=O) groups excluding carboxylic acids is 1. The third-order valence-electron chi connectivity index (χ3n) is 4.77. The van der Waals surface area contributed by atoms with Crippen molar-refractivity contribution in [1.82, 2.24) is 24.8 Å². The Labute approximate surface area is 155 Å². The molecule has 6 heteroatoms. The molecule has 2 aromatic rings. The highest BCUT2D eigenvalue weighted by Crippen LogP contribution is 2.25. The Bertz CT molecular complexity index is 729. The number of rotatable bonds is 6. The van der Waals surface area contributed by atoms with Gasteiger partial charge in [0, 0.05) is 56.1 Å². The first-order valence-electron chi connectivity index (χ1n) is 9.19. The van der Waals surface area contributed by atoms with Crippen molar-refractivity contribution in [3.63, 3.8) is 0 Å². The lowest BCUT2D eigenvalue weighted by atomic mass is 10.1. The predicted molar refractivity (Wildman–Crippen MR) is 101 cm³/mol. The van der Waals surface area contributed by atoms with E-state index in [-0.39, 0.29) is 11.8 Å². The van der Waals surface area contributed by atoms with E-state index < -0.39 is 0 Å². The summed E-state index contributed by atoms with van der Waals surface area (Å²) in [5, 5.41) is 0. The normalized spacial score (nSPS) is 17.1. The molecule has 1 atom stereocenters. The maximum absolute atomic E-state index is 12.6. The highest BCUT2D eigenvalue weighted by atomic mass is 16.2. The SMILES string of the molecule is Cc1cc(C)nc([C@H]2CCN(C(=O)CCN(C)Cc3ccccn3)C2)n1. The van der Waals surface area contributed by atoms with E-state index in [2.05, 4.69) is 19.9 Å². The summed E-state index contributed by atoms with van der Waals surface area (Å²) < 4.78 is 0. The smallest absolute Gasteiger partial charge is 0.223 e. The molecule has 1 aliphatic heterocycles. The van der Waals surface area contributed by atoms with Gasteiger partial charge in [-0.25, -0.2) is 9.97 Å². The van der Waals surface area contributed by atoms with Crippen LogP contribution in [0.4, 0.5) is 0 Å². The van der Waals surface area contributed by atoms with Crippen LogP contribution in [-0.4, -0.2) is 57.3 Å². The second kappa shape index (κ2) is 8.36. The zero-order valence-corrected chi connectivity index (χ0v) is 15.9. The van der Waals surface area contributed by atoms with Gasteiger partial charge in [0.15, 0.2) is 0 Å². The van der Waals surface area contributed by atoms with Crippen molar-refractivity contribution in [2.24, 2.45) is 0 Å². The molecule has 2 aromatic heterocycles. The van der Waals surface area contributed by atoms with E-state index in [1.807, 2.05) is 50.1 Å². The van der Waals surface area contributed by atoms with Crippen LogP contribution in [0.2, 0.25) is 0 Å². The monoisotopic (exact) mass is 353 g/mol. The van der Waals surface area contributed by atoms with Crippen LogP contribution in [0.5, 0.6) is 0 Å². The average Bonchev–Trinajstić information content (AvgIpc) is 3.10. The molecule has 138 valence electrons. The summed E-state index contributed by atoms with van der Waals surface area (Å²) >= 11 is 0. The van der Waals surface area contributed by atoms with Crippen molar-refractivity contribution in [2.75, 3.05) is 26.7 Å². The average molecular weight is 353 g/mol. The lowest BCUT2D eigenvalue weighted by Gasteiger charge is -2.20. The van der Waals surface area contributed by atoms with Gasteiger partial charge in [-0.05, 0) is 45.5 Å². The van der Waals surface area contributed by atoms with Crippen LogP contribution in [0.1, 0.15) is 41.7 Å². The topological polar surface area (TPSA) is 62.2 Å². The van der Waals surface area contributed by atoms with Gasteiger partial charge in [0.2, 0.25) is 5.91 Å². The van der Waals surface area contributed by atoms with E-state index in [0.717, 1.165) is 55.5 Å². The maximum Gasteiger partial charge on any atom is 0.223 e. The lowest BCUT2D eigenvalue weighted by Crippen LogP contribution is -2.32. The van der Waals surface area contributed by atoms with E-state index in [0.29, 0.717) is 6.42 Å². The van der Waals surface area contributed by atoms with E-state index in [9.17, 15) is 4.79 Å². The van der Waals surface area contributed by atoms with Crippen LogP contribution in [0.15, 0.2) is 30.5 Å². The Morgan fingerprint density at radius 3 is 2.73 bits per heavy atom. The zero-order valence-electron chi connectivity index (χ0n) is 15.9. The molecule has 26 heavy (non-hydrogen) atoms. The molecule has 1 saturated heterocycles. The number of amides is 1. The van der Waals surface area contributed by atoms with E-state index >= 15 is 0 Å². The van der Waals surface area contributed by atoms with Crippen molar-refractivity contribution in [3.05, 3.63) is 53.4 Å². The third kappa shape index (κ3) is 4.85. The largest absolute Gasteiger partial charge is 0.342 e. The third-order valence-corrected chi connectivity index (χ3v) is 4.77. The number of hydrogen-bond donors (Lipinski definition) is 0. The molecule has 0 N–H and O–H groups in total. The quantitative estimate of drug-likeness (QED) is 0.798. The van der Waals surface area contributed by atoms with Crippen LogP contribution in [0, 0.1) is 13.8 Å². The van der Waals surface area contributed by atoms with Gasteiger partial charge >= 0.3 is 0 Å². The number of carbonyl (C=O) groups is 1. The summed E-state index contributed by atoms with van der Waals surface area (Å²) in [6.07, 6.45) is 3.27. The van der Waals surface area contributed by atoms with Gasteiger partial charge in [0.1, 0.15) is 5.82 Å². The molecule has 0 unspecified atom stereocenters. The van der Waals surface area contributed by atoms with Gasteiger partial charge < -0.3 is 9.80 Å². The summed E-state index contributed by atoms with van der Waals surface area (Å²) in [6, 6.07) is 7.89. The number of aryl methyl sites for hydroxylation is 2. The van der Waals surface area contributed by atoms with Gasteiger partial charge in [-0.2, -0.15) is 0 Å². The number of nitrogens with zero attached hydrogens (tertiary/aromatic N) is 5. The minimum absolute atomic E-state index is 0.213. The Kier molecular flexibility index (Phi) is 5.93. The Morgan fingerprint density at radius 1 is 1.27 bits per heavy atom. The summed E-state index contributed by atoms with van der Waals surface area (Å²) in [5.74, 6) is 1.35. The molecule has 0 saturated carbocycles. The fraction of sp³-hybridized carbons (Fsp3) is 0.500. The van der Waals surface area contributed by atoms with Crippen molar-refractivity contribution >= 4 is 5.91 Å². The molecule has 3 rings (SSSR count). The van der Waals surface area contributed by atoms with E-state index in [4.69, 9.17) is 0 Å². The van der Waals surface area contributed by atoms with Crippen molar-refractivity contribution in [1.29, 1.82) is 0 Å². The predicted octanol–water partition coefficient (Wildman–Crippen LogP) is 2.33. The van der Waals surface area contributed by atoms with Crippen LogP contribution in [0.3, 0.4) is 0 Å². The first kappa shape index (κ1) is 18.5. The minimum atomic E-state index is 0.213. The second-order valence-corrected chi connectivity index (χ2v) is 7.14. The highest BCUT2D eigenvalue weighted by molar-refractivity contribution is 5.76. The lowest BCUT2D eigenvalue weighted by molar-refractivity contribution is -0.130. The Hall–Kier alpha value is -2.34. The fourth-order valence-corrected chi connectivity index (χ4v) is 3.43. The van der Waals surface area contributed by atoms with Gasteiger partial charge in [-0.3, -0.25) is 9.78 Å². The molecular weight excluding hydrogens is 326 g/mol. The van der Waals surface area contributed by atoms with Crippen LogP contribution < -0.4 is 0 Å². The molecule has 3 heterocycles. The molecule has 0 bridgehead atoms. The summed E-state index contributed by atoms with van der Waals surface area (Å²) in [5.41, 5.74) is 3.01. The molecule has 0 aliphatic carbocycles. The molecule has 1 fully saturated rings. The number of likely N-dealkylation sites (tertiary alicyclic amines) is 1. The van der Waals surface area contributed by atoms with Crippen molar-refractivity contribution in [2.45, 2.75) is 39.2 Å². The Balaban J connectivity index is 1.48. The minimum Gasteiger partial charge on any atom is -0.342 e. The van der Waals surface area contributed by atoms with Crippen LogP contribution in [0.25, 0.3) is 0 Å². The number of pyridine rings is 1. The van der Waals surface area contributed by atoms with Crippen molar-refractivity contribution in [3.8, 4) is 0 Å². The first-order valence-corrected chi connectivity index (χ1v) is 9.19. The molecule has 1 aliphatic rings. The molecule has 1 amide bonds. The standard InChI is InChI=1S/C20H27N5O/c1-15-12-16(2)23-20(22-15)17-7-11-25(13-17)19(26)8-10-24(3)14-18-6-4-5-9-21-18/h4-6,9,12,17H,7-8,10-11,13-14H2,1-3H3/t17-/m0/s1. The summed E-state index contributed by atoms with van der Waals surface area (Å²) in [7, 11) is 2.03. The van der Waals surface area contributed by atoms with Gasteiger partial charge in [0.05, 0.1) is 5.69 Å². The van der Waals surface area contributed by atoms with Gasteiger partial charge in [-0.1, -0.05) is 6.07 Å². The zero-order chi connectivity index (χ0) is 18.5. The molecular formula is C20H27N5O. The number of hydrogen-bond acceptors (Lipinski definition) is 5. The van der Waals surface area contributed by atoms with Gasteiger partial charge in [-0.15, -0.1) is 0 Å². The van der Waals surface area contributed by atoms with Crippen LogP contribution in [-0.2, 0) is 11.3 Å². The second-order valence-electron chi connectivity index (χ2n) is 7.14. The van der Waals surface area contributed by atoms with Crippen LogP contribution >= 0.6 is 0 Å². The first-order chi connectivity index (χ1) is 12.5. The van der Waals surface area contributed by atoms with Crippen molar-refractivity contribution < 1.29 is 4.79 Å². The van der Waals surface area contributed by atoms with Gasteiger partial charge in [0.25, 0.3) is 0 Å². The number of aromatic nitrogens is 3. The molecule has 0 radical (unpaired) electrons. The Morgan fingerprint density at radius 2 is 2.04 bits per heavy atom. The van der Waals surface area contributed by atoms with E-state index in [1.54, 1.807) is 6.20 Å².